The summed E-state index contributed by atoms with van der Waals surface area (Å²) < 4.78 is 0. The molecule has 0 saturated heterocycles. The number of nitrogens with zero attached hydrogens (tertiary/aromatic N) is 1. The van der Waals surface area contributed by atoms with E-state index in [9.17, 15) is 9.59 Å². The zero-order valence-corrected chi connectivity index (χ0v) is 6.07. The van der Waals surface area contributed by atoms with Crippen LogP contribution in [0.4, 0.5) is 0 Å². The Morgan fingerprint density at radius 2 is 1.27 bits per heavy atom. The van der Waals surface area contributed by atoms with Gasteiger partial charge >= 0.3 is 0 Å². The molecule has 11 heavy (non-hydrogen) atoms. The molecule has 0 amide bonds. The topological polar surface area (TPSA) is 57.9 Å². The summed E-state index contributed by atoms with van der Waals surface area (Å²) in [7, 11) is 0. The lowest BCUT2D eigenvalue weighted by atomic mass is 10.2. The van der Waals surface area contributed by atoms with Crippen molar-refractivity contribution in [2.45, 2.75) is 6.92 Å². The van der Waals surface area contributed by atoms with Crippen LogP contribution >= 0.6 is 0 Å². The third-order valence-corrected chi connectivity index (χ3v) is 0.824. The normalized spacial score (nSPS) is 13.5. The number of carbonyl (C=O) groups excluding carboxylic acids is 2. The highest BCUT2D eigenvalue weighted by atomic mass is 16.1. The SMILES string of the molecule is CC#N.O=C1C=CC(=O)C=C1. The summed E-state index contributed by atoms with van der Waals surface area (Å²) in [6.07, 6.45) is 5.01. The molecular weight excluding hydrogens is 142 g/mol. The van der Waals surface area contributed by atoms with Crippen molar-refractivity contribution in [3.63, 3.8) is 0 Å². The molecule has 3 nitrogen and oxygen atoms in total. The predicted octanol–water partition coefficient (Wildman–Crippen LogP) is 0.780. The van der Waals surface area contributed by atoms with Crippen LogP contribution in [0.3, 0.4) is 0 Å². The molecule has 0 bridgehead atoms. The molecule has 56 valence electrons. The van der Waals surface area contributed by atoms with E-state index in [-0.39, 0.29) is 11.6 Å². The highest BCUT2D eigenvalue weighted by molar-refractivity contribution is 6.14. The largest absolute Gasteiger partial charge is 0.290 e. The molecule has 0 heterocycles. The summed E-state index contributed by atoms with van der Waals surface area (Å²) in [6, 6.07) is 1.75. The first-order chi connectivity index (χ1) is 5.20. The zero-order chi connectivity index (χ0) is 8.69. The van der Waals surface area contributed by atoms with Gasteiger partial charge in [0.25, 0.3) is 0 Å². The van der Waals surface area contributed by atoms with Crippen LogP contribution < -0.4 is 0 Å². The van der Waals surface area contributed by atoms with Crippen molar-refractivity contribution >= 4 is 11.6 Å². The number of hydrogen-bond acceptors (Lipinski definition) is 3. The highest BCUT2D eigenvalue weighted by Crippen LogP contribution is 1.90. The maximum Gasteiger partial charge on any atom is 0.178 e. The van der Waals surface area contributed by atoms with E-state index in [1.807, 2.05) is 0 Å². The Kier molecular flexibility index (Phi) is 4.34. The van der Waals surface area contributed by atoms with E-state index in [1.54, 1.807) is 6.07 Å². The second kappa shape index (κ2) is 5.12. The number of nitriles is 1. The lowest BCUT2D eigenvalue weighted by Gasteiger charge is -1.87. The van der Waals surface area contributed by atoms with Crippen LogP contribution in [0.2, 0.25) is 0 Å². The first kappa shape index (κ1) is 9.31. The van der Waals surface area contributed by atoms with Gasteiger partial charge in [-0.15, -0.1) is 0 Å². The van der Waals surface area contributed by atoms with E-state index < -0.39 is 0 Å². The van der Waals surface area contributed by atoms with Crippen LogP contribution in [0.5, 0.6) is 0 Å². The van der Waals surface area contributed by atoms with Gasteiger partial charge in [0.1, 0.15) is 0 Å². The maximum atomic E-state index is 10.3. The van der Waals surface area contributed by atoms with Crippen LogP contribution in [-0.4, -0.2) is 11.6 Å². The molecule has 0 unspecified atom stereocenters. The molecular formula is C8H7NO2. The summed E-state index contributed by atoms with van der Waals surface area (Å²) in [5.74, 6) is -0.241. The highest BCUT2D eigenvalue weighted by Gasteiger charge is 1.97. The Hall–Kier alpha value is -1.69. The minimum Gasteiger partial charge on any atom is -0.290 e. The minimum atomic E-state index is -0.121. The zero-order valence-electron chi connectivity index (χ0n) is 6.07. The van der Waals surface area contributed by atoms with E-state index in [4.69, 9.17) is 5.26 Å². The molecule has 0 saturated carbocycles. The van der Waals surface area contributed by atoms with Crippen LogP contribution in [-0.2, 0) is 9.59 Å². The minimum absolute atomic E-state index is 0.121. The van der Waals surface area contributed by atoms with Gasteiger partial charge in [0.15, 0.2) is 11.6 Å². The molecule has 0 atom stereocenters. The fraction of sp³-hybridized carbons (Fsp3) is 0.125. The molecule has 1 rings (SSSR count). The molecule has 0 N–H and O–H groups in total. The number of hydrogen-bond donors (Lipinski definition) is 0. The lowest BCUT2D eigenvalue weighted by molar-refractivity contribution is -0.113. The quantitative estimate of drug-likeness (QED) is 0.478. The van der Waals surface area contributed by atoms with E-state index in [0.29, 0.717) is 0 Å². The number of carbonyl (C=O) groups is 2. The van der Waals surface area contributed by atoms with Crippen molar-refractivity contribution in [3.05, 3.63) is 24.3 Å². The van der Waals surface area contributed by atoms with Gasteiger partial charge in [-0.25, -0.2) is 0 Å². The van der Waals surface area contributed by atoms with Crippen LogP contribution in [0, 0.1) is 11.3 Å². The third-order valence-electron chi connectivity index (χ3n) is 0.824. The standard InChI is InChI=1S/C6H4O2.C2H3N/c7-5-1-2-6(8)4-3-5;1-2-3/h1-4H;1H3. The van der Waals surface area contributed by atoms with Crippen LogP contribution in [0.25, 0.3) is 0 Å². The average Bonchev–Trinajstić information content (AvgIpc) is 1.97. The van der Waals surface area contributed by atoms with Crippen molar-refractivity contribution in [3.8, 4) is 6.07 Å². The Labute approximate surface area is 64.6 Å². The molecule has 0 fully saturated rings. The fourth-order valence-electron chi connectivity index (χ4n) is 0.440. The number of ketones is 2. The molecule has 3 heteroatoms. The lowest BCUT2D eigenvalue weighted by Crippen LogP contribution is -1.97. The Bertz CT molecular complexity index is 218. The van der Waals surface area contributed by atoms with Crippen molar-refractivity contribution in [2.24, 2.45) is 0 Å². The van der Waals surface area contributed by atoms with Gasteiger partial charge in [-0.2, -0.15) is 5.26 Å². The fourth-order valence-corrected chi connectivity index (χ4v) is 0.440. The Morgan fingerprint density at radius 1 is 1.09 bits per heavy atom. The molecule has 0 spiro atoms. The first-order valence-electron chi connectivity index (χ1n) is 2.95. The maximum absolute atomic E-state index is 10.3. The molecule has 1 aliphatic carbocycles. The smallest absolute Gasteiger partial charge is 0.178 e. The van der Waals surface area contributed by atoms with Gasteiger partial charge in [-0.05, 0) is 24.3 Å². The van der Waals surface area contributed by atoms with E-state index in [2.05, 4.69) is 0 Å². The van der Waals surface area contributed by atoms with Crippen molar-refractivity contribution < 1.29 is 9.59 Å². The van der Waals surface area contributed by atoms with E-state index in [0.717, 1.165) is 0 Å². The van der Waals surface area contributed by atoms with E-state index >= 15 is 0 Å². The van der Waals surface area contributed by atoms with Crippen molar-refractivity contribution in [1.29, 1.82) is 5.26 Å². The second-order valence-electron chi connectivity index (χ2n) is 1.70. The molecule has 0 radical (unpaired) electrons. The monoisotopic (exact) mass is 149 g/mol. The molecule has 0 aliphatic heterocycles. The summed E-state index contributed by atoms with van der Waals surface area (Å²) in [5, 5.41) is 7.32. The van der Waals surface area contributed by atoms with E-state index in [1.165, 1.54) is 31.2 Å². The summed E-state index contributed by atoms with van der Waals surface area (Å²) in [4.78, 5) is 20.6. The van der Waals surface area contributed by atoms with Crippen LogP contribution in [0.15, 0.2) is 24.3 Å². The molecule has 0 aromatic carbocycles. The predicted molar refractivity (Wildman–Crippen MR) is 39.6 cm³/mol. The third kappa shape index (κ3) is 4.79. The van der Waals surface area contributed by atoms with Gasteiger partial charge in [0, 0.05) is 6.92 Å². The first-order valence-corrected chi connectivity index (χ1v) is 2.95. The summed E-state index contributed by atoms with van der Waals surface area (Å²) in [5.41, 5.74) is 0. The van der Waals surface area contributed by atoms with Gasteiger partial charge in [-0.3, -0.25) is 9.59 Å². The van der Waals surface area contributed by atoms with Gasteiger partial charge in [0.2, 0.25) is 0 Å². The molecule has 0 aromatic heterocycles. The number of allylic oxidation sites excluding steroid dienone is 4. The average molecular weight is 149 g/mol. The summed E-state index contributed by atoms with van der Waals surface area (Å²) >= 11 is 0. The Balaban J connectivity index is 0.000000292. The summed E-state index contributed by atoms with van der Waals surface area (Å²) in [6.45, 7) is 1.43. The van der Waals surface area contributed by atoms with Gasteiger partial charge in [0.05, 0.1) is 6.07 Å². The van der Waals surface area contributed by atoms with Crippen molar-refractivity contribution in [1.82, 2.24) is 0 Å². The number of rotatable bonds is 0. The van der Waals surface area contributed by atoms with Crippen LogP contribution in [0.1, 0.15) is 6.92 Å². The Morgan fingerprint density at radius 3 is 1.45 bits per heavy atom. The van der Waals surface area contributed by atoms with Crippen molar-refractivity contribution in [2.75, 3.05) is 0 Å². The van der Waals surface area contributed by atoms with Gasteiger partial charge < -0.3 is 0 Å². The van der Waals surface area contributed by atoms with Gasteiger partial charge in [-0.1, -0.05) is 0 Å². The second-order valence-corrected chi connectivity index (χ2v) is 1.70. The molecule has 0 aromatic rings. The molecule has 1 aliphatic rings.